The lowest BCUT2D eigenvalue weighted by atomic mass is 9.98. The Morgan fingerprint density at radius 1 is 1.63 bits per heavy atom. The predicted molar refractivity (Wildman–Crippen MR) is 70.6 cm³/mol. The average Bonchev–Trinajstić information content (AvgIpc) is 2.81. The largest absolute Gasteiger partial charge is 0.364 e. The van der Waals surface area contributed by atoms with Crippen molar-refractivity contribution in [2.24, 2.45) is 11.8 Å². The highest BCUT2D eigenvalue weighted by molar-refractivity contribution is 5.64. The predicted octanol–water partition coefficient (Wildman–Crippen LogP) is 2.71. The number of hydrogen-bond acceptors (Lipinski definition) is 5. The topological polar surface area (TPSA) is 91.8 Å². The van der Waals surface area contributed by atoms with Crippen LogP contribution in [0.2, 0.25) is 0 Å². The first-order chi connectivity index (χ1) is 9.13. The Balaban J connectivity index is 2.16. The van der Waals surface area contributed by atoms with Gasteiger partial charge in [-0.2, -0.15) is 5.26 Å². The summed E-state index contributed by atoms with van der Waals surface area (Å²) in [6.45, 7) is 2.87. The van der Waals surface area contributed by atoms with Crippen LogP contribution in [-0.4, -0.2) is 16.5 Å². The van der Waals surface area contributed by atoms with Crippen molar-refractivity contribution in [1.29, 1.82) is 5.26 Å². The minimum Gasteiger partial charge on any atom is -0.364 e. The number of anilines is 1. The van der Waals surface area contributed by atoms with Crippen molar-refractivity contribution in [3.63, 3.8) is 0 Å². The Hall–Kier alpha value is -2.16. The van der Waals surface area contributed by atoms with E-state index >= 15 is 0 Å². The van der Waals surface area contributed by atoms with Crippen molar-refractivity contribution in [3.05, 3.63) is 27.9 Å². The van der Waals surface area contributed by atoms with Crippen molar-refractivity contribution >= 4 is 11.5 Å². The lowest BCUT2D eigenvalue weighted by Gasteiger charge is -2.16. The third-order valence-electron chi connectivity index (χ3n) is 3.80. The zero-order valence-electron chi connectivity index (χ0n) is 10.8. The number of hydrogen-bond donors (Lipinski definition) is 1. The summed E-state index contributed by atoms with van der Waals surface area (Å²) in [5, 5.41) is 23.0. The molecule has 19 heavy (non-hydrogen) atoms. The molecule has 100 valence electrons. The van der Waals surface area contributed by atoms with Crippen molar-refractivity contribution in [2.45, 2.75) is 26.2 Å². The van der Waals surface area contributed by atoms with E-state index in [0.29, 0.717) is 18.4 Å². The van der Waals surface area contributed by atoms with Crippen LogP contribution in [-0.2, 0) is 0 Å². The molecule has 1 aromatic rings. The first-order valence-corrected chi connectivity index (χ1v) is 6.41. The van der Waals surface area contributed by atoms with E-state index < -0.39 is 4.92 Å². The van der Waals surface area contributed by atoms with Crippen molar-refractivity contribution in [1.82, 2.24) is 4.98 Å². The minimum absolute atomic E-state index is 0.0435. The summed E-state index contributed by atoms with van der Waals surface area (Å²) >= 11 is 0. The number of nitrogens with zero attached hydrogens (tertiary/aromatic N) is 3. The van der Waals surface area contributed by atoms with Gasteiger partial charge < -0.3 is 5.32 Å². The van der Waals surface area contributed by atoms with Gasteiger partial charge in [0.05, 0.1) is 4.92 Å². The second-order valence-electron chi connectivity index (χ2n) is 4.97. The molecule has 1 saturated carbocycles. The van der Waals surface area contributed by atoms with Crippen LogP contribution in [0.15, 0.2) is 12.3 Å². The molecule has 0 amide bonds. The Morgan fingerprint density at radius 2 is 2.42 bits per heavy atom. The fourth-order valence-corrected chi connectivity index (χ4v) is 2.61. The number of pyridine rings is 1. The summed E-state index contributed by atoms with van der Waals surface area (Å²) in [7, 11) is 0. The standard InChI is InChI=1S/C13H16N4O2/c1-9-3-2-4-11(9)8-16-13-12(17(18)19)10(7-14)5-6-15-13/h5-6,9,11H,2-4,8H2,1H3,(H,15,16). The van der Waals surface area contributed by atoms with Crippen LogP contribution >= 0.6 is 0 Å². The molecular weight excluding hydrogens is 244 g/mol. The lowest BCUT2D eigenvalue weighted by Crippen LogP contribution is -2.18. The Morgan fingerprint density at radius 3 is 3.00 bits per heavy atom. The van der Waals surface area contributed by atoms with Gasteiger partial charge in [-0.3, -0.25) is 10.1 Å². The quantitative estimate of drug-likeness (QED) is 0.663. The highest BCUT2D eigenvalue weighted by atomic mass is 16.6. The van der Waals surface area contributed by atoms with Crippen molar-refractivity contribution in [3.8, 4) is 6.07 Å². The van der Waals surface area contributed by atoms with Crippen LogP contribution in [0.1, 0.15) is 31.7 Å². The molecule has 0 saturated heterocycles. The molecule has 2 rings (SSSR count). The van der Waals surface area contributed by atoms with Gasteiger partial charge in [-0.05, 0) is 24.3 Å². The number of rotatable bonds is 4. The lowest BCUT2D eigenvalue weighted by molar-refractivity contribution is -0.384. The third kappa shape index (κ3) is 2.81. The highest BCUT2D eigenvalue weighted by Crippen LogP contribution is 2.32. The van der Waals surface area contributed by atoms with Gasteiger partial charge in [0.15, 0.2) is 0 Å². The molecular formula is C13H16N4O2. The molecule has 0 spiro atoms. The first-order valence-electron chi connectivity index (χ1n) is 6.41. The molecule has 0 radical (unpaired) electrons. The SMILES string of the molecule is CC1CCCC1CNc1nccc(C#N)c1[N+](=O)[O-]. The molecule has 1 fully saturated rings. The maximum Gasteiger partial charge on any atom is 0.328 e. The zero-order chi connectivity index (χ0) is 13.8. The molecule has 6 nitrogen and oxygen atoms in total. The molecule has 1 N–H and O–H groups in total. The molecule has 6 heteroatoms. The molecule has 0 aliphatic heterocycles. The highest BCUT2D eigenvalue weighted by Gasteiger charge is 2.25. The molecule has 1 aromatic heterocycles. The average molecular weight is 260 g/mol. The summed E-state index contributed by atoms with van der Waals surface area (Å²) in [6, 6.07) is 3.19. The first kappa shape index (κ1) is 13.3. The maximum absolute atomic E-state index is 11.0. The van der Waals surface area contributed by atoms with E-state index in [1.807, 2.05) is 6.07 Å². The maximum atomic E-state index is 11.0. The van der Waals surface area contributed by atoms with E-state index in [9.17, 15) is 10.1 Å². The van der Waals surface area contributed by atoms with Crippen LogP contribution in [0.3, 0.4) is 0 Å². The van der Waals surface area contributed by atoms with Gasteiger partial charge in [0.1, 0.15) is 11.6 Å². The van der Waals surface area contributed by atoms with Crippen LogP contribution in [0, 0.1) is 33.3 Å². The molecule has 2 unspecified atom stereocenters. The number of nitro groups is 1. The third-order valence-corrected chi connectivity index (χ3v) is 3.80. The van der Waals surface area contributed by atoms with Gasteiger partial charge in [-0.25, -0.2) is 4.98 Å². The van der Waals surface area contributed by atoms with Gasteiger partial charge in [0.25, 0.3) is 0 Å². The van der Waals surface area contributed by atoms with Crippen molar-refractivity contribution in [2.75, 3.05) is 11.9 Å². The summed E-state index contributed by atoms with van der Waals surface area (Å²) in [6.07, 6.45) is 4.98. The van der Waals surface area contributed by atoms with Gasteiger partial charge in [-0.1, -0.05) is 19.8 Å². The van der Waals surface area contributed by atoms with Crippen LogP contribution in [0.25, 0.3) is 0 Å². The molecule has 0 aromatic carbocycles. The Bertz CT molecular complexity index is 524. The smallest absolute Gasteiger partial charge is 0.328 e. The second-order valence-corrected chi connectivity index (χ2v) is 4.97. The van der Waals surface area contributed by atoms with Gasteiger partial charge in [-0.15, -0.1) is 0 Å². The number of nitriles is 1. The van der Waals surface area contributed by atoms with Crippen molar-refractivity contribution < 1.29 is 4.92 Å². The molecule has 0 bridgehead atoms. The van der Waals surface area contributed by atoms with E-state index in [2.05, 4.69) is 17.2 Å². The minimum atomic E-state index is -0.550. The van der Waals surface area contributed by atoms with Gasteiger partial charge in [0, 0.05) is 12.7 Å². The van der Waals surface area contributed by atoms with E-state index in [-0.39, 0.29) is 17.1 Å². The molecule has 1 heterocycles. The molecule has 1 aliphatic rings. The normalized spacial score (nSPS) is 21.9. The molecule has 1 aliphatic carbocycles. The summed E-state index contributed by atoms with van der Waals surface area (Å²) in [5.41, 5.74) is -0.183. The van der Waals surface area contributed by atoms with E-state index in [0.717, 1.165) is 6.42 Å². The van der Waals surface area contributed by atoms with Gasteiger partial charge >= 0.3 is 5.69 Å². The van der Waals surface area contributed by atoms with E-state index in [1.165, 1.54) is 25.1 Å². The summed E-state index contributed by atoms with van der Waals surface area (Å²) < 4.78 is 0. The van der Waals surface area contributed by atoms with E-state index in [4.69, 9.17) is 5.26 Å². The second kappa shape index (κ2) is 5.65. The summed E-state index contributed by atoms with van der Waals surface area (Å²) in [5.74, 6) is 1.35. The zero-order valence-corrected chi connectivity index (χ0v) is 10.8. The van der Waals surface area contributed by atoms with Crippen LogP contribution in [0.5, 0.6) is 0 Å². The van der Waals surface area contributed by atoms with Gasteiger partial charge in [0.2, 0.25) is 5.82 Å². The monoisotopic (exact) mass is 260 g/mol. The number of nitrogens with one attached hydrogen (secondary N) is 1. The van der Waals surface area contributed by atoms with Crippen LogP contribution < -0.4 is 5.32 Å². The number of aromatic nitrogens is 1. The Labute approximate surface area is 111 Å². The van der Waals surface area contributed by atoms with Crippen LogP contribution in [0.4, 0.5) is 11.5 Å². The Kier molecular flexibility index (Phi) is 3.95. The summed E-state index contributed by atoms with van der Waals surface area (Å²) in [4.78, 5) is 14.5. The fraction of sp³-hybridized carbons (Fsp3) is 0.538. The van der Waals surface area contributed by atoms with E-state index in [1.54, 1.807) is 0 Å². The molecule has 2 atom stereocenters. The fourth-order valence-electron chi connectivity index (χ4n) is 2.61.